The van der Waals surface area contributed by atoms with Gasteiger partial charge in [0.2, 0.25) is 0 Å². The van der Waals surface area contributed by atoms with E-state index in [1.54, 1.807) is 18.2 Å². The molecule has 2 nitrogen and oxygen atoms in total. The van der Waals surface area contributed by atoms with E-state index in [-0.39, 0.29) is 5.78 Å². The fourth-order valence-corrected chi connectivity index (χ4v) is 2.78. The lowest BCUT2D eigenvalue weighted by Crippen LogP contribution is -2.06. The van der Waals surface area contributed by atoms with Gasteiger partial charge >= 0.3 is 0 Å². The molecule has 2 aromatic carbocycles. The molecule has 0 unspecified atom stereocenters. The van der Waals surface area contributed by atoms with Gasteiger partial charge in [0.25, 0.3) is 0 Å². The third-order valence-electron chi connectivity index (χ3n) is 2.86. The maximum Gasteiger partial charge on any atom is 0.197 e. The van der Waals surface area contributed by atoms with Crippen LogP contribution in [0.3, 0.4) is 0 Å². The van der Waals surface area contributed by atoms with Crippen LogP contribution in [-0.4, -0.2) is 12.4 Å². The lowest BCUT2D eigenvalue weighted by molar-refractivity contribution is 0.103. The molecule has 0 aliphatic rings. The summed E-state index contributed by atoms with van der Waals surface area (Å²) in [5.74, 6) is 0.519. The molecule has 0 fully saturated rings. The number of carbonyl (C=O) groups excluding carboxylic acids is 1. The van der Waals surface area contributed by atoms with E-state index in [1.807, 2.05) is 32.0 Å². The number of hydrogen-bond acceptors (Lipinski definition) is 2. The van der Waals surface area contributed by atoms with Crippen molar-refractivity contribution in [3.05, 3.63) is 62.6 Å². The van der Waals surface area contributed by atoms with E-state index in [0.29, 0.717) is 33.0 Å². The zero-order valence-electron chi connectivity index (χ0n) is 11.2. The van der Waals surface area contributed by atoms with Crippen molar-refractivity contribution in [2.75, 3.05) is 6.61 Å². The molecule has 0 N–H and O–H groups in total. The van der Waals surface area contributed by atoms with Crippen LogP contribution in [0.15, 0.2) is 40.9 Å². The van der Waals surface area contributed by atoms with Crippen LogP contribution in [0.5, 0.6) is 5.75 Å². The van der Waals surface area contributed by atoms with Crippen LogP contribution < -0.4 is 4.74 Å². The fraction of sp³-hybridized carbons (Fsp3) is 0.188. The highest BCUT2D eigenvalue weighted by Crippen LogP contribution is 2.28. The Balaban J connectivity index is 2.49. The van der Waals surface area contributed by atoms with Crippen molar-refractivity contribution in [2.45, 2.75) is 13.8 Å². The molecule has 0 atom stereocenters. The monoisotopic (exact) mass is 352 g/mol. The van der Waals surface area contributed by atoms with Crippen LogP contribution in [-0.2, 0) is 0 Å². The average Bonchev–Trinajstić information content (AvgIpc) is 2.40. The molecular weight excluding hydrogens is 340 g/mol. The second kappa shape index (κ2) is 6.42. The van der Waals surface area contributed by atoms with Gasteiger partial charge in [0.1, 0.15) is 5.75 Å². The number of ether oxygens (including phenoxy) is 1. The highest BCUT2D eigenvalue weighted by atomic mass is 79.9. The first-order valence-electron chi connectivity index (χ1n) is 6.26. The van der Waals surface area contributed by atoms with Gasteiger partial charge in [0, 0.05) is 15.1 Å². The van der Waals surface area contributed by atoms with Crippen LogP contribution in [0.2, 0.25) is 5.02 Å². The molecule has 0 amide bonds. The second-order valence-electron chi connectivity index (χ2n) is 4.39. The van der Waals surface area contributed by atoms with Gasteiger partial charge in [-0.1, -0.05) is 23.2 Å². The van der Waals surface area contributed by atoms with Crippen molar-refractivity contribution in [2.24, 2.45) is 0 Å². The fourth-order valence-electron chi connectivity index (χ4n) is 1.92. The summed E-state index contributed by atoms with van der Waals surface area (Å²) in [5.41, 5.74) is 2.15. The van der Waals surface area contributed by atoms with Crippen LogP contribution in [0.1, 0.15) is 28.4 Å². The Morgan fingerprint density at radius 1 is 1.20 bits per heavy atom. The van der Waals surface area contributed by atoms with Crippen LogP contribution in [0, 0.1) is 6.92 Å². The molecule has 20 heavy (non-hydrogen) atoms. The molecule has 0 bridgehead atoms. The van der Waals surface area contributed by atoms with Crippen molar-refractivity contribution >= 4 is 33.3 Å². The Morgan fingerprint density at radius 3 is 2.60 bits per heavy atom. The van der Waals surface area contributed by atoms with Crippen molar-refractivity contribution in [1.29, 1.82) is 0 Å². The minimum absolute atomic E-state index is 0.0827. The molecule has 2 aromatic rings. The molecule has 0 saturated heterocycles. The van der Waals surface area contributed by atoms with Gasteiger partial charge in [-0.3, -0.25) is 4.79 Å². The quantitative estimate of drug-likeness (QED) is 0.720. The third-order valence-corrected chi connectivity index (χ3v) is 3.75. The van der Waals surface area contributed by atoms with Crippen LogP contribution >= 0.6 is 27.5 Å². The molecule has 0 spiro atoms. The Morgan fingerprint density at radius 2 is 1.95 bits per heavy atom. The number of ketones is 1. The normalized spacial score (nSPS) is 10.4. The summed E-state index contributed by atoms with van der Waals surface area (Å²) in [6.45, 7) is 4.36. The van der Waals surface area contributed by atoms with E-state index in [0.717, 1.165) is 5.56 Å². The molecule has 0 aliphatic heterocycles. The molecule has 0 radical (unpaired) electrons. The van der Waals surface area contributed by atoms with Gasteiger partial charge in [0.05, 0.1) is 12.2 Å². The first-order valence-corrected chi connectivity index (χ1v) is 7.43. The van der Waals surface area contributed by atoms with E-state index < -0.39 is 0 Å². The topological polar surface area (TPSA) is 26.3 Å². The first-order chi connectivity index (χ1) is 9.52. The Bertz CT molecular complexity index is 653. The summed E-state index contributed by atoms with van der Waals surface area (Å²) in [6, 6.07) is 10.7. The minimum Gasteiger partial charge on any atom is -0.493 e. The maximum atomic E-state index is 12.7. The summed E-state index contributed by atoms with van der Waals surface area (Å²) in [7, 11) is 0. The van der Waals surface area contributed by atoms with Crippen molar-refractivity contribution in [3.8, 4) is 5.75 Å². The molecule has 2 rings (SSSR count). The predicted molar refractivity (Wildman–Crippen MR) is 84.9 cm³/mol. The van der Waals surface area contributed by atoms with Crippen molar-refractivity contribution in [3.63, 3.8) is 0 Å². The lowest BCUT2D eigenvalue weighted by Gasteiger charge is -2.11. The largest absolute Gasteiger partial charge is 0.493 e. The van der Waals surface area contributed by atoms with E-state index in [1.165, 1.54) is 0 Å². The van der Waals surface area contributed by atoms with Crippen LogP contribution in [0.4, 0.5) is 0 Å². The Labute approximate surface area is 131 Å². The summed E-state index contributed by atoms with van der Waals surface area (Å²) in [4.78, 5) is 12.7. The minimum atomic E-state index is -0.0827. The summed E-state index contributed by atoms with van der Waals surface area (Å²) < 4.78 is 6.22. The Hall–Kier alpha value is -1.32. The number of benzene rings is 2. The number of aryl methyl sites for hydroxylation is 1. The smallest absolute Gasteiger partial charge is 0.197 e. The summed E-state index contributed by atoms with van der Waals surface area (Å²) >= 11 is 9.29. The van der Waals surface area contributed by atoms with Gasteiger partial charge < -0.3 is 4.74 Å². The number of rotatable bonds is 4. The highest BCUT2D eigenvalue weighted by molar-refractivity contribution is 9.10. The van der Waals surface area contributed by atoms with Gasteiger partial charge in [0.15, 0.2) is 5.78 Å². The molecular formula is C16H14BrClO2. The third kappa shape index (κ3) is 3.22. The molecule has 0 saturated carbocycles. The lowest BCUT2D eigenvalue weighted by atomic mass is 10.0. The average molecular weight is 354 g/mol. The maximum absolute atomic E-state index is 12.7. The van der Waals surface area contributed by atoms with Gasteiger partial charge in [-0.15, -0.1) is 0 Å². The van der Waals surface area contributed by atoms with Gasteiger partial charge in [-0.2, -0.15) is 0 Å². The zero-order valence-corrected chi connectivity index (χ0v) is 13.6. The SMILES string of the molecule is CCOc1ccc(C)cc1C(=O)c1ccc(Cl)cc1Br. The number of hydrogen-bond donors (Lipinski definition) is 0. The number of halogens is 2. The number of carbonyl (C=O) groups is 1. The van der Waals surface area contributed by atoms with Gasteiger partial charge in [-0.25, -0.2) is 0 Å². The predicted octanol–water partition coefficient (Wildman–Crippen LogP) is 5.04. The van der Waals surface area contributed by atoms with Gasteiger partial charge in [-0.05, 0) is 60.1 Å². The zero-order chi connectivity index (χ0) is 14.7. The highest BCUT2D eigenvalue weighted by Gasteiger charge is 2.17. The molecule has 0 heterocycles. The van der Waals surface area contributed by atoms with E-state index in [2.05, 4.69) is 15.9 Å². The van der Waals surface area contributed by atoms with Crippen molar-refractivity contribution in [1.82, 2.24) is 0 Å². The summed E-state index contributed by atoms with van der Waals surface area (Å²) in [6.07, 6.45) is 0. The van der Waals surface area contributed by atoms with E-state index in [4.69, 9.17) is 16.3 Å². The van der Waals surface area contributed by atoms with Crippen molar-refractivity contribution < 1.29 is 9.53 Å². The molecule has 4 heteroatoms. The molecule has 0 aromatic heterocycles. The molecule has 0 aliphatic carbocycles. The Kier molecular flexibility index (Phi) is 4.84. The molecule has 104 valence electrons. The van der Waals surface area contributed by atoms with E-state index in [9.17, 15) is 4.79 Å². The van der Waals surface area contributed by atoms with E-state index >= 15 is 0 Å². The first kappa shape index (κ1) is 15.1. The van der Waals surface area contributed by atoms with Crippen LogP contribution in [0.25, 0.3) is 0 Å². The second-order valence-corrected chi connectivity index (χ2v) is 5.68. The standard InChI is InChI=1S/C16H14BrClO2/c1-3-20-15-7-4-10(2)8-13(15)16(19)12-6-5-11(18)9-14(12)17/h4-9H,3H2,1-2H3. The summed E-state index contributed by atoms with van der Waals surface area (Å²) in [5, 5.41) is 0.586.